The maximum Gasteiger partial charge on any atom is 0.325 e. The quantitative estimate of drug-likeness (QED) is 0.858. The molecule has 0 spiro atoms. The van der Waals surface area contributed by atoms with Gasteiger partial charge in [0.25, 0.3) is 0 Å². The number of carbonyl (C=O) groups is 2. The number of amides is 1. The number of hydrogen-bond donors (Lipinski definition) is 1. The Kier molecular flexibility index (Phi) is 4.57. The van der Waals surface area contributed by atoms with Crippen LogP contribution in [0.4, 0.5) is 0 Å². The van der Waals surface area contributed by atoms with E-state index in [2.05, 4.69) is 5.32 Å². The zero-order valence-corrected chi connectivity index (χ0v) is 12.5. The molecule has 0 radical (unpaired) electrons. The highest BCUT2D eigenvalue weighted by atomic mass is 16.5. The van der Waals surface area contributed by atoms with E-state index in [4.69, 9.17) is 9.47 Å². The zero-order valence-electron chi connectivity index (χ0n) is 12.5. The normalized spacial score (nSPS) is 15.4. The van der Waals surface area contributed by atoms with Gasteiger partial charge in [-0.05, 0) is 11.6 Å². The number of esters is 1. The van der Waals surface area contributed by atoms with Gasteiger partial charge in [0.05, 0.1) is 0 Å². The summed E-state index contributed by atoms with van der Waals surface area (Å²) in [5, 5.41) is 2.61. The average Bonchev–Trinajstić information content (AvgIpc) is 3.03. The van der Waals surface area contributed by atoms with Crippen LogP contribution in [0.15, 0.2) is 54.6 Å². The third kappa shape index (κ3) is 3.69. The minimum absolute atomic E-state index is 0.148. The molecule has 1 heterocycles. The second-order valence-electron chi connectivity index (χ2n) is 5.27. The number of fused-ring (bicyclic) bond motifs is 1. The van der Waals surface area contributed by atoms with E-state index < -0.39 is 5.97 Å². The molecule has 0 fully saturated rings. The van der Waals surface area contributed by atoms with Crippen molar-refractivity contribution in [1.29, 1.82) is 0 Å². The monoisotopic (exact) mass is 311 g/mol. The van der Waals surface area contributed by atoms with Gasteiger partial charge >= 0.3 is 5.97 Å². The van der Waals surface area contributed by atoms with Crippen LogP contribution in [0.3, 0.4) is 0 Å². The molecule has 1 atom stereocenters. The zero-order chi connectivity index (χ0) is 16.1. The van der Waals surface area contributed by atoms with Crippen molar-refractivity contribution in [2.45, 2.75) is 12.5 Å². The third-order valence-electron chi connectivity index (χ3n) is 3.67. The van der Waals surface area contributed by atoms with Crippen molar-refractivity contribution in [2.75, 3.05) is 13.2 Å². The number of carbonyl (C=O) groups excluding carboxylic acids is 2. The van der Waals surface area contributed by atoms with Crippen LogP contribution in [0, 0.1) is 0 Å². The van der Waals surface area contributed by atoms with Gasteiger partial charge in [-0.1, -0.05) is 48.5 Å². The van der Waals surface area contributed by atoms with Gasteiger partial charge in [-0.15, -0.1) is 0 Å². The lowest BCUT2D eigenvalue weighted by Gasteiger charge is -2.10. The molecule has 0 aliphatic carbocycles. The van der Waals surface area contributed by atoms with Gasteiger partial charge in [-0.2, -0.15) is 0 Å². The molecule has 0 saturated carbocycles. The van der Waals surface area contributed by atoms with Gasteiger partial charge in [0.1, 0.15) is 31.4 Å². The maximum absolute atomic E-state index is 12.2. The van der Waals surface area contributed by atoms with Crippen molar-refractivity contribution >= 4 is 11.9 Å². The third-order valence-corrected chi connectivity index (χ3v) is 3.67. The number of nitrogens with one attached hydrogen (secondary N) is 1. The molecule has 1 N–H and O–H groups in total. The molecule has 1 unspecified atom stereocenters. The highest BCUT2D eigenvalue weighted by Gasteiger charge is 2.30. The summed E-state index contributed by atoms with van der Waals surface area (Å²) in [6.45, 7) is 0.347. The molecule has 0 bridgehead atoms. The SMILES string of the molecule is O=C(CNC(=O)C1COc2ccccc21)OCc1ccccc1. The fourth-order valence-electron chi connectivity index (χ4n) is 2.45. The maximum atomic E-state index is 12.2. The largest absolute Gasteiger partial charge is 0.492 e. The fraction of sp³-hybridized carbons (Fsp3) is 0.222. The topological polar surface area (TPSA) is 64.6 Å². The lowest BCUT2D eigenvalue weighted by Crippen LogP contribution is -2.34. The Morgan fingerprint density at radius 2 is 1.83 bits per heavy atom. The van der Waals surface area contributed by atoms with E-state index in [-0.39, 0.29) is 25.0 Å². The molecule has 3 rings (SSSR count). The van der Waals surface area contributed by atoms with Crippen LogP contribution in [0.2, 0.25) is 0 Å². The highest BCUT2D eigenvalue weighted by Crippen LogP contribution is 2.33. The Morgan fingerprint density at radius 3 is 2.65 bits per heavy atom. The summed E-state index contributed by atoms with van der Waals surface area (Å²) in [6.07, 6.45) is 0. The Hall–Kier alpha value is -2.82. The first-order valence-corrected chi connectivity index (χ1v) is 7.43. The Balaban J connectivity index is 1.47. The van der Waals surface area contributed by atoms with Gasteiger partial charge < -0.3 is 14.8 Å². The standard InChI is InChI=1S/C18H17NO4/c20-17(23-11-13-6-2-1-3-7-13)10-19-18(21)15-12-22-16-9-5-4-8-14(15)16/h1-9,15H,10-12H2,(H,19,21). The second-order valence-corrected chi connectivity index (χ2v) is 5.27. The Morgan fingerprint density at radius 1 is 1.09 bits per heavy atom. The van der Waals surface area contributed by atoms with Crippen LogP contribution in [-0.4, -0.2) is 25.0 Å². The van der Waals surface area contributed by atoms with E-state index in [0.29, 0.717) is 6.61 Å². The van der Waals surface area contributed by atoms with Crippen LogP contribution in [0.1, 0.15) is 17.0 Å². The molecular weight excluding hydrogens is 294 g/mol. The predicted molar refractivity (Wildman–Crippen MR) is 83.9 cm³/mol. The van der Waals surface area contributed by atoms with E-state index >= 15 is 0 Å². The average molecular weight is 311 g/mol. The molecule has 0 saturated heterocycles. The molecule has 1 aliphatic heterocycles. The summed E-state index contributed by atoms with van der Waals surface area (Å²) in [4.78, 5) is 23.9. The highest BCUT2D eigenvalue weighted by molar-refractivity contribution is 5.88. The van der Waals surface area contributed by atoms with Crippen LogP contribution in [-0.2, 0) is 20.9 Å². The molecule has 2 aromatic carbocycles. The van der Waals surface area contributed by atoms with Gasteiger partial charge in [0.15, 0.2) is 0 Å². The first-order valence-electron chi connectivity index (χ1n) is 7.43. The summed E-state index contributed by atoms with van der Waals surface area (Å²) < 4.78 is 10.6. The molecular formula is C18H17NO4. The van der Waals surface area contributed by atoms with Crippen molar-refractivity contribution in [1.82, 2.24) is 5.32 Å². The van der Waals surface area contributed by atoms with Crippen molar-refractivity contribution in [3.05, 3.63) is 65.7 Å². The van der Waals surface area contributed by atoms with Crippen molar-refractivity contribution in [3.8, 4) is 5.75 Å². The number of hydrogen-bond acceptors (Lipinski definition) is 4. The number of para-hydroxylation sites is 1. The van der Waals surface area contributed by atoms with E-state index in [9.17, 15) is 9.59 Å². The summed E-state index contributed by atoms with van der Waals surface area (Å²) in [5.41, 5.74) is 1.76. The smallest absolute Gasteiger partial charge is 0.325 e. The van der Waals surface area contributed by atoms with E-state index in [1.54, 1.807) is 0 Å². The lowest BCUT2D eigenvalue weighted by molar-refractivity contribution is -0.145. The predicted octanol–water partition coefficient (Wildman–Crippen LogP) is 2.02. The summed E-state index contributed by atoms with van der Waals surface area (Å²) >= 11 is 0. The van der Waals surface area contributed by atoms with E-state index in [1.807, 2.05) is 54.6 Å². The van der Waals surface area contributed by atoms with Crippen LogP contribution in [0.5, 0.6) is 5.75 Å². The molecule has 23 heavy (non-hydrogen) atoms. The Bertz CT molecular complexity index is 699. The molecule has 5 heteroatoms. The van der Waals surface area contributed by atoms with Crippen LogP contribution in [0.25, 0.3) is 0 Å². The first kappa shape index (κ1) is 15.1. The second kappa shape index (κ2) is 6.96. The molecule has 1 amide bonds. The van der Waals surface area contributed by atoms with Gasteiger partial charge in [-0.3, -0.25) is 9.59 Å². The van der Waals surface area contributed by atoms with Gasteiger partial charge in [0.2, 0.25) is 5.91 Å². The molecule has 0 aromatic heterocycles. The molecule has 1 aliphatic rings. The fourth-order valence-corrected chi connectivity index (χ4v) is 2.45. The molecule has 118 valence electrons. The van der Waals surface area contributed by atoms with Crippen molar-refractivity contribution < 1.29 is 19.1 Å². The molecule has 5 nitrogen and oxygen atoms in total. The summed E-state index contributed by atoms with van der Waals surface area (Å²) in [5.74, 6) is -0.353. The van der Waals surface area contributed by atoms with Crippen LogP contribution >= 0.6 is 0 Å². The lowest BCUT2D eigenvalue weighted by atomic mass is 10.0. The van der Waals surface area contributed by atoms with Crippen molar-refractivity contribution in [2.24, 2.45) is 0 Å². The van der Waals surface area contributed by atoms with Gasteiger partial charge in [-0.25, -0.2) is 0 Å². The van der Waals surface area contributed by atoms with Gasteiger partial charge in [0, 0.05) is 5.56 Å². The number of ether oxygens (including phenoxy) is 2. The molecule has 2 aromatic rings. The summed E-state index contributed by atoms with van der Waals surface area (Å²) in [7, 11) is 0. The van der Waals surface area contributed by atoms with Crippen molar-refractivity contribution in [3.63, 3.8) is 0 Å². The minimum atomic E-state index is -0.464. The first-order chi connectivity index (χ1) is 11.2. The van der Waals surface area contributed by atoms with E-state index in [1.165, 1.54) is 0 Å². The summed E-state index contributed by atoms with van der Waals surface area (Å²) in [6, 6.07) is 16.8. The Labute approximate surface area is 134 Å². The van der Waals surface area contributed by atoms with E-state index in [0.717, 1.165) is 16.9 Å². The number of rotatable bonds is 5. The number of benzene rings is 2. The minimum Gasteiger partial charge on any atom is -0.492 e. The van der Waals surface area contributed by atoms with Crippen LogP contribution < -0.4 is 10.1 Å².